The fourth-order valence-corrected chi connectivity index (χ4v) is 3.96. The number of nitrogens with one attached hydrogen (secondary N) is 1. The Labute approximate surface area is 160 Å². The summed E-state index contributed by atoms with van der Waals surface area (Å²) in [5, 5.41) is 18.2. The van der Waals surface area contributed by atoms with E-state index in [1.54, 1.807) is 0 Å². The van der Waals surface area contributed by atoms with Crippen LogP contribution >= 0.6 is 0 Å². The lowest BCUT2D eigenvalue weighted by atomic mass is 9.96. The largest absolute Gasteiger partial charge is 0.491 e. The molecule has 1 aromatic carbocycles. The molecule has 1 atom stereocenters. The average molecular weight is 371 g/mol. The summed E-state index contributed by atoms with van der Waals surface area (Å²) in [4.78, 5) is 4.66. The molecule has 146 valence electrons. The molecule has 6 nitrogen and oxygen atoms in total. The van der Waals surface area contributed by atoms with Crippen LogP contribution in [0.4, 0.5) is 0 Å². The second-order valence-corrected chi connectivity index (χ2v) is 8.19. The zero-order valence-electron chi connectivity index (χ0n) is 16.2. The van der Waals surface area contributed by atoms with Gasteiger partial charge in [-0.1, -0.05) is 24.1 Å². The molecule has 0 saturated heterocycles. The number of aliphatic hydroxyl groups is 1. The molecule has 1 unspecified atom stereocenters. The molecule has 4 rings (SSSR count). The molecule has 2 N–H and O–H groups in total. The number of aliphatic hydroxyl groups excluding tert-OH is 1. The average Bonchev–Trinajstić information content (AvgIpc) is 3.17. The highest BCUT2D eigenvalue weighted by molar-refractivity contribution is 5.33. The maximum absolute atomic E-state index is 10.4. The first-order valence-electron chi connectivity index (χ1n) is 10.0. The van der Waals surface area contributed by atoms with Crippen molar-refractivity contribution < 1.29 is 14.4 Å². The van der Waals surface area contributed by atoms with Crippen LogP contribution in [0.15, 0.2) is 22.7 Å². The fraction of sp³-hybridized carbons (Fsp3) is 0.619. The van der Waals surface area contributed by atoms with Gasteiger partial charge in [-0.2, -0.15) is 4.98 Å². The highest BCUT2D eigenvalue weighted by Crippen LogP contribution is 2.42. The molecule has 2 aliphatic rings. The van der Waals surface area contributed by atoms with Crippen LogP contribution in [-0.2, 0) is 5.54 Å². The summed E-state index contributed by atoms with van der Waals surface area (Å²) in [7, 11) is 0. The molecule has 2 saturated carbocycles. The molecule has 6 heteroatoms. The minimum Gasteiger partial charge on any atom is -0.491 e. The van der Waals surface area contributed by atoms with E-state index in [1.807, 2.05) is 26.0 Å². The van der Waals surface area contributed by atoms with Crippen LogP contribution in [-0.4, -0.2) is 34.5 Å². The van der Waals surface area contributed by atoms with Crippen LogP contribution < -0.4 is 10.1 Å². The summed E-state index contributed by atoms with van der Waals surface area (Å²) in [6.45, 7) is 4.79. The highest BCUT2D eigenvalue weighted by Gasteiger charge is 2.41. The van der Waals surface area contributed by atoms with Crippen molar-refractivity contribution in [2.45, 2.75) is 69.9 Å². The van der Waals surface area contributed by atoms with E-state index < -0.39 is 6.10 Å². The third-order valence-corrected chi connectivity index (χ3v) is 5.57. The van der Waals surface area contributed by atoms with Gasteiger partial charge in [0.15, 0.2) is 5.82 Å². The number of benzene rings is 1. The van der Waals surface area contributed by atoms with E-state index in [0.29, 0.717) is 12.5 Å². The van der Waals surface area contributed by atoms with Gasteiger partial charge < -0.3 is 19.7 Å². The Kier molecular flexibility index (Phi) is 5.19. The van der Waals surface area contributed by atoms with Gasteiger partial charge in [0, 0.05) is 12.5 Å². The van der Waals surface area contributed by atoms with Crippen molar-refractivity contribution in [2.75, 3.05) is 13.2 Å². The van der Waals surface area contributed by atoms with E-state index in [0.717, 1.165) is 67.1 Å². The van der Waals surface area contributed by atoms with Crippen LogP contribution in [0.5, 0.6) is 5.75 Å². The Morgan fingerprint density at radius 1 is 1.22 bits per heavy atom. The Hall–Kier alpha value is -1.92. The molecule has 0 aliphatic heterocycles. The van der Waals surface area contributed by atoms with Gasteiger partial charge in [-0.3, -0.25) is 0 Å². The van der Waals surface area contributed by atoms with E-state index in [9.17, 15) is 5.11 Å². The minimum absolute atomic E-state index is 0.255. The predicted molar refractivity (Wildman–Crippen MR) is 102 cm³/mol. The lowest BCUT2D eigenvalue weighted by molar-refractivity contribution is 0.0949. The third kappa shape index (κ3) is 4.33. The van der Waals surface area contributed by atoms with Crippen molar-refractivity contribution in [3.8, 4) is 5.75 Å². The molecule has 1 heterocycles. The number of ether oxygens (including phenoxy) is 1. The van der Waals surface area contributed by atoms with Crippen LogP contribution in [0, 0.1) is 13.8 Å². The molecule has 0 radical (unpaired) electrons. The molecular weight excluding hydrogens is 342 g/mol. The summed E-state index contributed by atoms with van der Waals surface area (Å²) in [5.74, 6) is 2.79. The molecule has 2 fully saturated rings. The van der Waals surface area contributed by atoms with Crippen LogP contribution in [0.25, 0.3) is 0 Å². The van der Waals surface area contributed by atoms with Gasteiger partial charge in [0.1, 0.15) is 18.5 Å². The number of aryl methyl sites for hydroxylation is 2. The van der Waals surface area contributed by atoms with Crippen LogP contribution in [0.1, 0.15) is 67.3 Å². The molecule has 2 aliphatic carbocycles. The molecule has 27 heavy (non-hydrogen) atoms. The first-order chi connectivity index (χ1) is 13.0. The lowest BCUT2D eigenvalue weighted by Crippen LogP contribution is -2.45. The van der Waals surface area contributed by atoms with Crippen molar-refractivity contribution in [2.24, 2.45) is 0 Å². The quantitative estimate of drug-likeness (QED) is 0.741. The number of aromatic nitrogens is 2. The monoisotopic (exact) mass is 371 g/mol. The standard InChI is InChI=1S/C21H29N3O3/c1-14-9-15(2)11-18(10-14)26-13-17(25)12-22-21(7-3-4-8-21)20-23-19(27-24-20)16-5-6-16/h9-11,16-17,22,25H,3-8,12-13H2,1-2H3. The van der Waals surface area contributed by atoms with Gasteiger partial charge in [-0.25, -0.2) is 0 Å². The lowest BCUT2D eigenvalue weighted by Gasteiger charge is -2.28. The zero-order valence-corrected chi connectivity index (χ0v) is 16.2. The number of hydrogen-bond donors (Lipinski definition) is 2. The summed E-state index contributed by atoms with van der Waals surface area (Å²) in [6.07, 6.45) is 5.92. The maximum atomic E-state index is 10.4. The summed E-state index contributed by atoms with van der Waals surface area (Å²) in [6, 6.07) is 6.09. The molecule has 0 spiro atoms. The normalized spacial score (nSPS) is 20.0. The van der Waals surface area contributed by atoms with Crippen molar-refractivity contribution >= 4 is 0 Å². The second kappa shape index (κ2) is 7.60. The van der Waals surface area contributed by atoms with Gasteiger partial charge in [-0.15, -0.1) is 0 Å². The Morgan fingerprint density at radius 2 is 1.93 bits per heavy atom. The molecule has 0 amide bonds. The molecule has 0 bridgehead atoms. The van der Waals surface area contributed by atoms with Gasteiger partial charge in [0.05, 0.1) is 5.54 Å². The van der Waals surface area contributed by atoms with Gasteiger partial charge in [0.25, 0.3) is 0 Å². The van der Waals surface area contributed by atoms with E-state index in [2.05, 4.69) is 21.5 Å². The SMILES string of the molecule is Cc1cc(C)cc(OCC(O)CNC2(c3noc(C4CC4)n3)CCCC2)c1. The van der Waals surface area contributed by atoms with Crippen molar-refractivity contribution in [3.05, 3.63) is 41.0 Å². The maximum Gasteiger partial charge on any atom is 0.229 e. The predicted octanol–water partition coefficient (Wildman–Crippen LogP) is 3.36. The first kappa shape index (κ1) is 18.4. The zero-order chi connectivity index (χ0) is 18.9. The Balaban J connectivity index is 1.34. The highest BCUT2D eigenvalue weighted by atomic mass is 16.5. The van der Waals surface area contributed by atoms with E-state index in [-0.39, 0.29) is 12.1 Å². The fourth-order valence-electron chi connectivity index (χ4n) is 3.96. The van der Waals surface area contributed by atoms with Crippen molar-refractivity contribution in [1.29, 1.82) is 0 Å². The molecule has 1 aromatic heterocycles. The summed E-state index contributed by atoms with van der Waals surface area (Å²) >= 11 is 0. The number of nitrogens with zero attached hydrogens (tertiary/aromatic N) is 2. The van der Waals surface area contributed by atoms with Gasteiger partial charge in [-0.05, 0) is 62.8 Å². The first-order valence-corrected chi connectivity index (χ1v) is 10.0. The van der Waals surface area contributed by atoms with Crippen molar-refractivity contribution in [1.82, 2.24) is 15.5 Å². The summed E-state index contributed by atoms with van der Waals surface area (Å²) in [5.41, 5.74) is 2.04. The smallest absolute Gasteiger partial charge is 0.229 e. The Bertz CT molecular complexity index is 758. The van der Waals surface area contributed by atoms with Gasteiger partial charge >= 0.3 is 0 Å². The Morgan fingerprint density at radius 3 is 2.59 bits per heavy atom. The van der Waals surface area contributed by atoms with Gasteiger partial charge in [0.2, 0.25) is 5.89 Å². The topological polar surface area (TPSA) is 80.4 Å². The molecular formula is C21H29N3O3. The van der Waals surface area contributed by atoms with E-state index in [4.69, 9.17) is 9.26 Å². The number of rotatable bonds is 8. The minimum atomic E-state index is -0.599. The molecule has 2 aromatic rings. The van der Waals surface area contributed by atoms with Crippen LogP contribution in [0.2, 0.25) is 0 Å². The third-order valence-electron chi connectivity index (χ3n) is 5.57. The number of hydrogen-bond acceptors (Lipinski definition) is 6. The summed E-state index contributed by atoms with van der Waals surface area (Å²) < 4.78 is 11.3. The van der Waals surface area contributed by atoms with E-state index in [1.165, 1.54) is 0 Å². The van der Waals surface area contributed by atoms with E-state index >= 15 is 0 Å². The van der Waals surface area contributed by atoms with Crippen molar-refractivity contribution in [3.63, 3.8) is 0 Å². The second-order valence-electron chi connectivity index (χ2n) is 8.19. The van der Waals surface area contributed by atoms with Crippen LogP contribution in [0.3, 0.4) is 0 Å².